The molecule has 0 aliphatic heterocycles. The fourth-order valence-corrected chi connectivity index (χ4v) is 2.46. The van der Waals surface area contributed by atoms with Crippen molar-refractivity contribution in [3.05, 3.63) is 53.6 Å². The van der Waals surface area contributed by atoms with E-state index in [2.05, 4.69) is 12.2 Å². The topological polar surface area (TPSA) is 56.8 Å². The van der Waals surface area contributed by atoms with E-state index < -0.39 is 0 Å². The summed E-state index contributed by atoms with van der Waals surface area (Å²) in [6.07, 6.45) is 0.976. The maximum atomic E-state index is 12.1. The van der Waals surface area contributed by atoms with Crippen molar-refractivity contribution in [3.8, 4) is 17.2 Å². The highest BCUT2D eigenvalue weighted by atomic mass is 16.5. The summed E-state index contributed by atoms with van der Waals surface area (Å²) in [6, 6.07) is 13.2. The molecule has 0 heterocycles. The van der Waals surface area contributed by atoms with Crippen LogP contribution in [0.2, 0.25) is 0 Å². The molecule has 1 unspecified atom stereocenters. The zero-order valence-corrected chi connectivity index (χ0v) is 15.2. The molecule has 0 saturated carbocycles. The molecule has 5 heteroatoms. The highest BCUT2D eigenvalue weighted by molar-refractivity contribution is 5.78. The van der Waals surface area contributed by atoms with E-state index in [1.807, 2.05) is 49.4 Å². The molecule has 0 saturated heterocycles. The molecule has 0 radical (unpaired) electrons. The summed E-state index contributed by atoms with van der Waals surface area (Å²) in [6.45, 7) is 3.98. The van der Waals surface area contributed by atoms with Crippen molar-refractivity contribution in [2.24, 2.45) is 0 Å². The van der Waals surface area contributed by atoms with Crippen LogP contribution in [0.3, 0.4) is 0 Å². The number of benzene rings is 2. The first-order valence-corrected chi connectivity index (χ1v) is 8.30. The van der Waals surface area contributed by atoms with E-state index >= 15 is 0 Å². The number of ether oxygens (including phenoxy) is 3. The van der Waals surface area contributed by atoms with Crippen LogP contribution in [0.15, 0.2) is 42.5 Å². The quantitative estimate of drug-likeness (QED) is 0.797. The molecule has 2 aromatic carbocycles. The van der Waals surface area contributed by atoms with Crippen molar-refractivity contribution < 1.29 is 19.0 Å². The van der Waals surface area contributed by atoms with Crippen molar-refractivity contribution in [2.75, 3.05) is 20.8 Å². The molecule has 0 aromatic heterocycles. The number of methoxy groups -OCH3 is 2. The average Bonchev–Trinajstić information content (AvgIpc) is 2.66. The van der Waals surface area contributed by atoms with Crippen molar-refractivity contribution >= 4 is 5.91 Å². The number of hydrogen-bond donors (Lipinski definition) is 1. The third-order valence-electron chi connectivity index (χ3n) is 3.99. The molecule has 2 rings (SSSR count). The average molecular weight is 343 g/mol. The first-order valence-electron chi connectivity index (χ1n) is 8.30. The van der Waals surface area contributed by atoms with E-state index in [4.69, 9.17) is 14.2 Å². The molecular weight excluding hydrogens is 318 g/mol. The number of carbonyl (C=O) groups excluding carboxylic acids is 1. The van der Waals surface area contributed by atoms with Gasteiger partial charge in [0, 0.05) is 0 Å². The lowest BCUT2D eigenvalue weighted by Gasteiger charge is -2.17. The Hall–Kier alpha value is -2.69. The SMILES string of the molecule is CCc1ccc(OCC(=O)NC(C)c2ccc(OC)c(OC)c2)cc1. The maximum Gasteiger partial charge on any atom is 0.258 e. The van der Waals surface area contributed by atoms with E-state index in [0.717, 1.165) is 12.0 Å². The van der Waals surface area contributed by atoms with Crippen LogP contribution < -0.4 is 19.5 Å². The highest BCUT2D eigenvalue weighted by Gasteiger charge is 2.13. The summed E-state index contributed by atoms with van der Waals surface area (Å²) in [5, 5.41) is 2.92. The van der Waals surface area contributed by atoms with Gasteiger partial charge in [-0.1, -0.05) is 25.1 Å². The molecule has 25 heavy (non-hydrogen) atoms. The van der Waals surface area contributed by atoms with E-state index in [-0.39, 0.29) is 18.6 Å². The van der Waals surface area contributed by atoms with E-state index in [9.17, 15) is 4.79 Å². The maximum absolute atomic E-state index is 12.1. The molecule has 1 atom stereocenters. The number of carbonyl (C=O) groups is 1. The molecule has 0 aliphatic rings. The van der Waals surface area contributed by atoms with Crippen LogP contribution in [0.1, 0.15) is 31.0 Å². The van der Waals surface area contributed by atoms with Crippen LogP contribution in [-0.4, -0.2) is 26.7 Å². The van der Waals surface area contributed by atoms with Crippen LogP contribution in [0.4, 0.5) is 0 Å². The highest BCUT2D eigenvalue weighted by Crippen LogP contribution is 2.29. The predicted molar refractivity (Wildman–Crippen MR) is 97.4 cm³/mol. The van der Waals surface area contributed by atoms with Gasteiger partial charge in [0.05, 0.1) is 20.3 Å². The molecule has 0 bridgehead atoms. The molecule has 0 aliphatic carbocycles. The molecule has 0 spiro atoms. The van der Waals surface area contributed by atoms with Gasteiger partial charge in [0.2, 0.25) is 0 Å². The van der Waals surface area contributed by atoms with Gasteiger partial charge in [-0.3, -0.25) is 4.79 Å². The Balaban J connectivity index is 1.90. The van der Waals surface area contributed by atoms with Gasteiger partial charge in [0.25, 0.3) is 5.91 Å². The molecule has 2 aromatic rings. The third-order valence-corrected chi connectivity index (χ3v) is 3.99. The Morgan fingerprint density at radius 3 is 2.32 bits per heavy atom. The van der Waals surface area contributed by atoms with Crippen LogP contribution in [0.25, 0.3) is 0 Å². The largest absolute Gasteiger partial charge is 0.493 e. The molecule has 1 N–H and O–H groups in total. The van der Waals surface area contributed by atoms with Crippen molar-refractivity contribution in [3.63, 3.8) is 0 Å². The Bertz CT molecular complexity index is 697. The van der Waals surface area contributed by atoms with Crippen molar-refractivity contribution in [1.82, 2.24) is 5.32 Å². The second-order valence-corrected chi connectivity index (χ2v) is 5.69. The Kier molecular flexibility index (Phi) is 6.69. The molecule has 134 valence electrons. The number of hydrogen-bond acceptors (Lipinski definition) is 4. The third kappa shape index (κ3) is 5.14. The zero-order valence-electron chi connectivity index (χ0n) is 15.2. The predicted octanol–water partition coefficient (Wildman–Crippen LogP) is 3.52. The lowest BCUT2D eigenvalue weighted by atomic mass is 10.1. The summed E-state index contributed by atoms with van der Waals surface area (Å²) < 4.78 is 16.0. The van der Waals surface area contributed by atoms with E-state index in [1.54, 1.807) is 14.2 Å². The van der Waals surface area contributed by atoms with E-state index in [0.29, 0.717) is 17.2 Å². The summed E-state index contributed by atoms with van der Waals surface area (Å²) in [5.74, 6) is 1.80. The number of aryl methyl sites for hydroxylation is 1. The van der Waals surface area contributed by atoms with Gasteiger partial charge >= 0.3 is 0 Å². The first kappa shape index (κ1) is 18.6. The summed E-state index contributed by atoms with van der Waals surface area (Å²) in [4.78, 5) is 12.1. The summed E-state index contributed by atoms with van der Waals surface area (Å²) in [5.41, 5.74) is 2.16. The zero-order chi connectivity index (χ0) is 18.2. The first-order chi connectivity index (χ1) is 12.1. The lowest BCUT2D eigenvalue weighted by Crippen LogP contribution is -2.31. The summed E-state index contributed by atoms with van der Waals surface area (Å²) >= 11 is 0. The molecule has 1 amide bonds. The second-order valence-electron chi connectivity index (χ2n) is 5.69. The smallest absolute Gasteiger partial charge is 0.258 e. The fourth-order valence-electron chi connectivity index (χ4n) is 2.46. The van der Waals surface area contributed by atoms with Crippen molar-refractivity contribution in [1.29, 1.82) is 0 Å². The second kappa shape index (κ2) is 8.97. The van der Waals surface area contributed by atoms with Crippen LogP contribution >= 0.6 is 0 Å². The number of rotatable bonds is 8. The normalized spacial score (nSPS) is 11.5. The number of amides is 1. The minimum Gasteiger partial charge on any atom is -0.493 e. The molecule has 0 fully saturated rings. The van der Waals surface area contributed by atoms with Crippen LogP contribution in [-0.2, 0) is 11.2 Å². The lowest BCUT2D eigenvalue weighted by molar-refractivity contribution is -0.123. The molecule has 5 nitrogen and oxygen atoms in total. The van der Waals surface area contributed by atoms with E-state index in [1.165, 1.54) is 5.56 Å². The molecular formula is C20H25NO4. The van der Waals surface area contributed by atoms with Gasteiger partial charge in [-0.2, -0.15) is 0 Å². The van der Waals surface area contributed by atoms with Crippen molar-refractivity contribution in [2.45, 2.75) is 26.3 Å². The summed E-state index contributed by atoms with van der Waals surface area (Å²) in [7, 11) is 3.18. The Morgan fingerprint density at radius 1 is 1.04 bits per heavy atom. The standard InChI is InChI=1S/C20H25NO4/c1-5-15-6-9-17(10-7-15)25-13-20(22)21-14(2)16-8-11-18(23-3)19(12-16)24-4/h6-12,14H,5,13H2,1-4H3,(H,21,22). The monoisotopic (exact) mass is 343 g/mol. The number of nitrogens with one attached hydrogen (secondary N) is 1. The van der Waals surface area contributed by atoms with Gasteiger partial charge < -0.3 is 19.5 Å². The van der Waals surface area contributed by atoms with Gasteiger partial charge in [-0.25, -0.2) is 0 Å². The van der Waals surface area contributed by atoms with Gasteiger partial charge in [-0.05, 0) is 48.7 Å². The minimum absolute atomic E-state index is 0.0247. The Morgan fingerprint density at radius 2 is 1.72 bits per heavy atom. The van der Waals surface area contributed by atoms with Crippen LogP contribution in [0.5, 0.6) is 17.2 Å². The minimum atomic E-state index is -0.179. The van der Waals surface area contributed by atoms with Gasteiger partial charge in [-0.15, -0.1) is 0 Å². The van der Waals surface area contributed by atoms with Gasteiger partial charge in [0.15, 0.2) is 18.1 Å². The van der Waals surface area contributed by atoms with Crippen LogP contribution in [0, 0.1) is 0 Å². The van der Waals surface area contributed by atoms with Gasteiger partial charge in [0.1, 0.15) is 5.75 Å². The fraction of sp³-hybridized carbons (Fsp3) is 0.350. The Labute approximate surface area is 148 Å².